The van der Waals surface area contributed by atoms with E-state index < -0.39 is 0 Å². The molecule has 4 heteroatoms. The molecule has 3 aliphatic rings. The van der Waals surface area contributed by atoms with Gasteiger partial charge in [0.05, 0.1) is 19.8 Å². The van der Waals surface area contributed by atoms with Crippen LogP contribution in [0.25, 0.3) is 0 Å². The fraction of sp³-hybridized carbons (Fsp3) is 1.00. The van der Waals surface area contributed by atoms with Crippen molar-refractivity contribution in [1.29, 1.82) is 0 Å². The Morgan fingerprint density at radius 3 is 2.28 bits per heavy atom. The van der Waals surface area contributed by atoms with Crippen molar-refractivity contribution in [3.8, 4) is 0 Å². The summed E-state index contributed by atoms with van der Waals surface area (Å²) in [4.78, 5) is 5.13. The van der Waals surface area contributed by atoms with Crippen LogP contribution >= 0.6 is 0 Å². The second-order valence-corrected chi connectivity index (χ2v) is 5.89. The summed E-state index contributed by atoms with van der Waals surface area (Å²) in [5.74, 6) is -0.244. The van der Waals surface area contributed by atoms with Crippen molar-refractivity contribution in [2.24, 2.45) is 0 Å². The van der Waals surface area contributed by atoms with Crippen LogP contribution in [0.15, 0.2) is 0 Å². The van der Waals surface area contributed by atoms with E-state index in [9.17, 15) is 0 Å². The normalized spacial score (nSPS) is 29.3. The van der Waals surface area contributed by atoms with Gasteiger partial charge in [0.15, 0.2) is 5.79 Å². The minimum Gasteiger partial charge on any atom is -0.346 e. The maximum atomic E-state index is 5.82. The summed E-state index contributed by atoms with van der Waals surface area (Å²) < 4.78 is 11.6. The van der Waals surface area contributed by atoms with Crippen LogP contribution in [0.1, 0.15) is 32.1 Å². The smallest absolute Gasteiger partial charge is 0.181 e. The van der Waals surface area contributed by atoms with E-state index in [1.807, 2.05) is 0 Å². The molecule has 18 heavy (non-hydrogen) atoms. The zero-order valence-corrected chi connectivity index (χ0v) is 11.4. The maximum absolute atomic E-state index is 5.82. The molecule has 0 aromatic carbocycles. The zero-order chi connectivity index (χ0) is 12.3. The minimum atomic E-state index is -0.244. The van der Waals surface area contributed by atoms with Crippen molar-refractivity contribution < 1.29 is 9.47 Å². The van der Waals surface area contributed by atoms with E-state index in [0.29, 0.717) is 0 Å². The van der Waals surface area contributed by atoms with Gasteiger partial charge in [0.25, 0.3) is 0 Å². The molecule has 104 valence electrons. The van der Waals surface area contributed by atoms with Gasteiger partial charge in [-0.05, 0) is 58.4 Å². The Balaban J connectivity index is 1.39. The second kappa shape index (κ2) is 5.87. The fourth-order valence-corrected chi connectivity index (χ4v) is 3.52. The van der Waals surface area contributed by atoms with Crippen molar-refractivity contribution in [3.05, 3.63) is 0 Å². The first-order chi connectivity index (χ1) is 8.86. The van der Waals surface area contributed by atoms with Gasteiger partial charge < -0.3 is 14.4 Å². The van der Waals surface area contributed by atoms with Gasteiger partial charge >= 0.3 is 0 Å². The Morgan fingerprint density at radius 1 is 0.833 bits per heavy atom. The molecule has 0 amide bonds. The Kier molecular flexibility index (Phi) is 4.19. The molecule has 3 saturated heterocycles. The number of piperidine rings is 1. The van der Waals surface area contributed by atoms with Gasteiger partial charge in [0, 0.05) is 6.42 Å². The average Bonchev–Trinajstić information content (AvgIpc) is 3.02. The van der Waals surface area contributed by atoms with Crippen LogP contribution in [0.5, 0.6) is 0 Å². The highest BCUT2D eigenvalue weighted by Crippen LogP contribution is 2.29. The zero-order valence-electron chi connectivity index (χ0n) is 11.4. The predicted octanol–water partition coefficient (Wildman–Crippen LogP) is 1.31. The first kappa shape index (κ1) is 12.9. The number of likely N-dealkylation sites (tertiary alicyclic amines) is 2. The molecule has 3 fully saturated rings. The minimum absolute atomic E-state index is 0.244. The molecule has 0 atom stereocenters. The first-order valence-corrected chi connectivity index (χ1v) is 7.59. The van der Waals surface area contributed by atoms with Gasteiger partial charge in [-0.1, -0.05) is 0 Å². The summed E-state index contributed by atoms with van der Waals surface area (Å²) in [5, 5.41) is 0. The van der Waals surface area contributed by atoms with Crippen molar-refractivity contribution in [2.75, 3.05) is 52.5 Å². The van der Waals surface area contributed by atoms with Crippen LogP contribution < -0.4 is 0 Å². The summed E-state index contributed by atoms with van der Waals surface area (Å²) in [7, 11) is 0. The van der Waals surface area contributed by atoms with E-state index in [-0.39, 0.29) is 5.79 Å². The number of rotatable bonds is 4. The van der Waals surface area contributed by atoms with Crippen LogP contribution in [0, 0.1) is 0 Å². The summed E-state index contributed by atoms with van der Waals surface area (Å²) in [6.45, 7) is 8.85. The van der Waals surface area contributed by atoms with Gasteiger partial charge in [-0.25, -0.2) is 0 Å². The molecule has 0 N–H and O–H groups in total. The molecule has 0 aliphatic carbocycles. The van der Waals surface area contributed by atoms with Gasteiger partial charge in [0.2, 0.25) is 0 Å². The number of hydrogen-bond donors (Lipinski definition) is 0. The highest BCUT2D eigenvalue weighted by atomic mass is 16.7. The Labute approximate surface area is 110 Å². The highest BCUT2D eigenvalue weighted by molar-refractivity contribution is 4.84. The Bertz CT molecular complexity index is 261. The van der Waals surface area contributed by atoms with Gasteiger partial charge in [-0.3, -0.25) is 4.90 Å². The molecule has 1 spiro atoms. The molecule has 0 saturated carbocycles. The van der Waals surface area contributed by atoms with Crippen LogP contribution in [-0.2, 0) is 9.47 Å². The van der Waals surface area contributed by atoms with E-state index >= 15 is 0 Å². The Morgan fingerprint density at radius 2 is 1.50 bits per heavy atom. The third kappa shape index (κ3) is 3.05. The molecule has 0 aromatic heterocycles. The summed E-state index contributed by atoms with van der Waals surface area (Å²) in [5.41, 5.74) is 0. The van der Waals surface area contributed by atoms with Crippen molar-refractivity contribution in [3.63, 3.8) is 0 Å². The average molecular weight is 254 g/mol. The summed E-state index contributed by atoms with van der Waals surface area (Å²) in [6.07, 6.45) is 6.37. The fourth-order valence-electron chi connectivity index (χ4n) is 3.52. The van der Waals surface area contributed by atoms with Crippen LogP contribution in [0.2, 0.25) is 0 Å². The molecule has 0 radical (unpaired) electrons. The first-order valence-electron chi connectivity index (χ1n) is 7.59. The van der Waals surface area contributed by atoms with Crippen LogP contribution in [-0.4, -0.2) is 68.1 Å². The molecule has 0 aromatic rings. The second-order valence-electron chi connectivity index (χ2n) is 5.89. The predicted molar refractivity (Wildman–Crippen MR) is 70.6 cm³/mol. The van der Waals surface area contributed by atoms with E-state index in [1.54, 1.807) is 0 Å². The number of ether oxygens (including phenoxy) is 2. The molecule has 0 unspecified atom stereocenters. The van der Waals surface area contributed by atoms with Gasteiger partial charge in [-0.2, -0.15) is 0 Å². The van der Waals surface area contributed by atoms with Crippen molar-refractivity contribution >= 4 is 0 Å². The SMILES string of the molecule is C1CCN(CCCN2CCCC3(C2)OCCO3)C1. The lowest BCUT2D eigenvalue weighted by Crippen LogP contribution is -2.49. The largest absolute Gasteiger partial charge is 0.346 e. The lowest BCUT2D eigenvalue weighted by atomic mass is 10.0. The molecule has 3 rings (SSSR count). The molecular formula is C14H26N2O2. The van der Waals surface area contributed by atoms with Crippen LogP contribution in [0.4, 0.5) is 0 Å². The number of hydrogen-bond acceptors (Lipinski definition) is 4. The standard InChI is InChI=1S/C14H26N2O2/c1-2-7-15(6-1)9-4-10-16-8-3-5-14(13-16)17-11-12-18-14/h1-13H2. The lowest BCUT2D eigenvalue weighted by molar-refractivity contribution is -0.189. The van der Waals surface area contributed by atoms with Crippen molar-refractivity contribution in [2.45, 2.75) is 37.9 Å². The van der Waals surface area contributed by atoms with E-state index in [2.05, 4.69) is 9.80 Å². The highest BCUT2D eigenvalue weighted by Gasteiger charge is 2.40. The molecular weight excluding hydrogens is 228 g/mol. The summed E-state index contributed by atoms with van der Waals surface area (Å²) in [6, 6.07) is 0. The van der Waals surface area contributed by atoms with E-state index in [0.717, 1.165) is 26.2 Å². The molecule has 3 heterocycles. The van der Waals surface area contributed by atoms with Crippen molar-refractivity contribution in [1.82, 2.24) is 9.80 Å². The summed E-state index contributed by atoms with van der Waals surface area (Å²) >= 11 is 0. The quantitative estimate of drug-likeness (QED) is 0.755. The topological polar surface area (TPSA) is 24.9 Å². The lowest BCUT2D eigenvalue weighted by Gasteiger charge is -2.38. The molecule has 0 bridgehead atoms. The Hall–Kier alpha value is -0.160. The molecule has 3 aliphatic heterocycles. The van der Waals surface area contributed by atoms with Gasteiger partial charge in [-0.15, -0.1) is 0 Å². The molecule has 4 nitrogen and oxygen atoms in total. The van der Waals surface area contributed by atoms with Gasteiger partial charge in [0.1, 0.15) is 0 Å². The van der Waals surface area contributed by atoms with E-state index in [4.69, 9.17) is 9.47 Å². The monoisotopic (exact) mass is 254 g/mol. The van der Waals surface area contributed by atoms with Crippen LogP contribution in [0.3, 0.4) is 0 Å². The maximum Gasteiger partial charge on any atom is 0.181 e. The third-order valence-corrected chi connectivity index (χ3v) is 4.46. The van der Waals surface area contributed by atoms with E-state index in [1.165, 1.54) is 58.4 Å². The third-order valence-electron chi connectivity index (χ3n) is 4.46. The number of nitrogens with zero attached hydrogens (tertiary/aromatic N) is 2.